The quantitative estimate of drug-likeness (QED) is 0.798. The molecule has 0 aromatic carbocycles. The van der Waals surface area contributed by atoms with Crippen LogP contribution in [0.3, 0.4) is 0 Å². The van der Waals surface area contributed by atoms with Gasteiger partial charge in [0.15, 0.2) is 0 Å². The molecule has 1 aliphatic rings. The van der Waals surface area contributed by atoms with Crippen LogP contribution >= 0.6 is 11.3 Å². The molecular weight excluding hydrogens is 180 g/mol. The van der Waals surface area contributed by atoms with Crippen LogP contribution in [-0.4, -0.2) is 24.5 Å². The Hall–Kier alpha value is -0.380. The van der Waals surface area contributed by atoms with Crippen molar-refractivity contribution < 1.29 is 0 Å². The minimum absolute atomic E-state index is 0.472. The molecule has 0 saturated carbocycles. The molecule has 2 nitrogen and oxygen atoms in total. The minimum Gasteiger partial charge on any atom is -0.329 e. The van der Waals surface area contributed by atoms with Gasteiger partial charge in [0, 0.05) is 30.6 Å². The van der Waals surface area contributed by atoms with Crippen molar-refractivity contribution >= 4 is 11.3 Å². The SMILES string of the molecule is Cc1sccc1C(CN)N1CCC1. The maximum Gasteiger partial charge on any atom is 0.0481 e. The zero-order valence-electron chi connectivity index (χ0n) is 7.99. The molecule has 0 spiro atoms. The standard InChI is InChI=1S/C10H16N2S/c1-8-9(3-6-13-8)10(7-11)12-4-2-5-12/h3,6,10H,2,4-5,7,11H2,1H3. The summed E-state index contributed by atoms with van der Waals surface area (Å²) in [6, 6.07) is 2.69. The molecule has 0 radical (unpaired) electrons. The zero-order valence-corrected chi connectivity index (χ0v) is 8.81. The van der Waals surface area contributed by atoms with Gasteiger partial charge >= 0.3 is 0 Å². The first-order valence-electron chi connectivity index (χ1n) is 4.81. The topological polar surface area (TPSA) is 29.3 Å². The summed E-state index contributed by atoms with van der Waals surface area (Å²) in [5.74, 6) is 0. The number of hydrogen-bond acceptors (Lipinski definition) is 3. The van der Waals surface area contributed by atoms with E-state index in [1.807, 2.05) is 11.3 Å². The van der Waals surface area contributed by atoms with Crippen molar-refractivity contribution in [1.29, 1.82) is 0 Å². The van der Waals surface area contributed by atoms with E-state index >= 15 is 0 Å². The van der Waals surface area contributed by atoms with E-state index in [1.54, 1.807) is 0 Å². The lowest BCUT2D eigenvalue weighted by Crippen LogP contribution is -2.43. The van der Waals surface area contributed by atoms with Crippen molar-refractivity contribution in [2.75, 3.05) is 19.6 Å². The van der Waals surface area contributed by atoms with E-state index in [-0.39, 0.29) is 0 Å². The van der Waals surface area contributed by atoms with Gasteiger partial charge in [-0.2, -0.15) is 0 Å². The maximum absolute atomic E-state index is 5.81. The van der Waals surface area contributed by atoms with E-state index in [9.17, 15) is 0 Å². The Labute approximate surface area is 83.4 Å². The Morgan fingerprint density at radius 3 is 2.77 bits per heavy atom. The summed E-state index contributed by atoms with van der Waals surface area (Å²) in [6.07, 6.45) is 1.33. The Balaban J connectivity index is 2.16. The van der Waals surface area contributed by atoms with E-state index in [0.29, 0.717) is 6.04 Å². The lowest BCUT2D eigenvalue weighted by Gasteiger charge is -2.38. The van der Waals surface area contributed by atoms with Gasteiger partial charge in [-0.25, -0.2) is 0 Å². The van der Waals surface area contributed by atoms with E-state index in [1.165, 1.54) is 30.0 Å². The molecule has 2 heterocycles. The molecule has 72 valence electrons. The number of rotatable bonds is 3. The number of likely N-dealkylation sites (tertiary alicyclic amines) is 1. The van der Waals surface area contributed by atoms with E-state index in [2.05, 4.69) is 23.3 Å². The molecule has 2 N–H and O–H groups in total. The molecule has 13 heavy (non-hydrogen) atoms. The number of nitrogens with zero attached hydrogens (tertiary/aromatic N) is 1. The Morgan fingerprint density at radius 1 is 1.62 bits per heavy atom. The first kappa shape index (κ1) is 9.19. The third kappa shape index (κ3) is 1.64. The normalized spacial score (nSPS) is 19.8. The van der Waals surface area contributed by atoms with Crippen LogP contribution < -0.4 is 5.73 Å². The molecule has 0 bridgehead atoms. The van der Waals surface area contributed by atoms with Crippen LogP contribution in [-0.2, 0) is 0 Å². The van der Waals surface area contributed by atoms with Crippen molar-refractivity contribution in [3.8, 4) is 0 Å². The summed E-state index contributed by atoms with van der Waals surface area (Å²) in [6.45, 7) is 5.37. The van der Waals surface area contributed by atoms with Crippen LogP contribution in [0.15, 0.2) is 11.4 Å². The molecule has 1 saturated heterocycles. The molecule has 2 rings (SSSR count). The summed E-state index contributed by atoms with van der Waals surface area (Å²) in [5.41, 5.74) is 7.24. The second-order valence-corrected chi connectivity index (χ2v) is 4.69. The smallest absolute Gasteiger partial charge is 0.0481 e. The minimum atomic E-state index is 0.472. The average molecular weight is 196 g/mol. The third-order valence-electron chi connectivity index (χ3n) is 2.81. The van der Waals surface area contributed by atoms with Crippen LogP contribution in [0.2, 0.25) is 0 Å². The predicted octanol–water partition coefficient (Wildman–Crippen LogP) is 1.76. The van der Waals surface area contributed by atoms with Crippen LogP contribution in [0.4, 0.5) is 0 Å². The van der Waals surface area contributed by atoms with Gasteiger partial charge < -0.3 is 5.73 Å². The van der Waals surface area contributed by atoms with Crippen LogP contribution in [0.5, 0.6) is 0 Å². The first-order valence-corrected chi connectivity index (χ1v) is 5.69. The lowest BCUT2D eigenvalue weighted by atomic mass is 10.0. The Bertz CT molecular complexity index is 278. The maximum atomic E-state index is 5.81. The van der Waals surface area contributed by atoms with Gasteiger partial charge in [-0.1, -0.05) is 0 Å². The van der Waals surface area contributed by atoms with Gasteiger partial charge in [0.1, 0.15) is 0 Å². The molecule has 1 fully saturated rings. The first-order chi connectivity index (χ1) is 6.33. The van der Waals surface area contributed by atoms with Gasteiger partial charge in [-0.05, 0) is 30.4 Å². The second kappa shape index (κ2) is 3.78. The van der Waals surface area contributed by atoms with E-state index in [0.717, 1.165) is 6.54 Å². The summed E-state index contributed by atoms with van der Waals surface area (Å²) in [4.78, 5) is 3.89. The summed E-state index contributed by atoms with van der Waals surface area (Å²) >= 11 is 1.82. The van der Waals surface area contributed by atoms with Crippen molar-refractivity contribution in [2.45, 2.75) is 19.4 Å². The van der Waals surface area contributed by atoms with Gasteiger partial charge in [-0.3, -0.25) is 4.90 Å². The summed E-state index contributed by atoms with van der Waals surface area (Å²) in [5, 5.41) is 2.16. The highest BCUT2D eigenvalue weighted by atomic mass is 32.1. The molecule has 1 aliphatic heterocycles. The fourth-order valence-corrected chi connectivity index (χ4v) is 2.62. The third-order valence-corrected chi connectivity index (χ3v) is 3.67. The van der Waals surface area contributed by atoms with Crippen LogP contribution in [0, 0.1) is 6.92 Å². The fourth-order valence-electron chi connectivity index (χ4n) is 1.87. The summed E-state index contributed by atoms with van der Waals surface area (Å²) in [7, 11) is 0. The fraction of sp³-hybridized carbons (Fsp3) is 0.600. The molecule has 1 atom stereocenters. The van der Waals surface area contributed by atoms with Crippen molar-refractivity contribution in [1.82, 2.24) is 4.90 Å². The monoisotopic (exact) mass is 196 g/mol. The second-order valence-electron chi connectivity index (χ2n) is 3.57. The number of thiophene rings is 1. The highest BCUT2D eigenvalue weighted by Crippen LogP contribution is 2.29. The van der Waals surface area contributed by atoms with E-state index < -0.39 is 0 Å². The van der Waals surface area contributed by atoms with Crippen molar-refractivity contribution in [2.24, 2.45) is 5.73 Å². The predicted molar refractivity (Wildman–Crippen MR) is 57.0 cm³/mol. The molecule has 3 heteroatoms. The number of nitrogens with two attached hydrogens (primary N) is 1. The molecule has 1 aromatic heterocycles. The average Bonchev–Trinajstić information content (AvgIpc) is 2.43. The van der Waals surface area contributed by atoms with Gasteiger partial charge in [0.05, 0.1) is 0 Å². The zero-order chi connectivity index (χ0) is 9.26. The van der Waals surface area contributed by atoms with Gasteiger partial charge in [-0.15, -0.1) is 11.3 Å². The Kier molecular flexibility index (Phi) is 2.67. The van der Waals surface area contributed by atoms with Crippen LogP contribution in [0.25, 0.3) is 0 Å². The van der Waals surface area contributed by atoms with Crippen molar-refractivity contribution in [3.05, 3.63) is 21.9 Å². The molecule has 0 amide bonds. The highest BCUT2D eigenvalue weighted by molar-refractivity contribution is 7.10. The van der Waals surface area contributed by atoms with Crippen LogP contribution in [0.1, 0.15) is 22.9 Å². The van der Waals surface area contributed by atoms with E-state index in [4.69, 9.17) is 5.73 Å². The number of aryl methyl sites for hydroxylation is 1. The number of hydrogen-bond donors (Lipinski definition) is 1. The molecular formula is C10H16N2S. The summed E-state index contributed by atoms with van der Waals surface area (Å²) < 4.78 is 0. The molecule has 0 aliphatic carbocycles. The highest BCUT2D eigenvalue weighted by Gasteiger charge is 2.25. The van der Waals surface area contributed by atoms with Gasteiger partial charge in [0.2, 0.25) is 0 Å². The largest absolute Gasteiger partial charge is 0.329 e. The lowest BCUT2D eigenvalue weighted by molar-refractivity contribution is 0.122. The molecule has 1 unspecified atom stereocenters. The van der Waals surface area contributed by atoms with Crippen molar-refractivity contribution in [3.63, 3.8) is 0 Å². The molecule has 1 aromatic rings. The Morgan fingerprint density at radius 2 is 2.38 bits per heavy atom. The van der Waals surface area contributed by atoms with Gasteiger partial charge in [0.25, 0.3) is 0 Å².